The van der Waals surface area contributed by atoms with Crippen LogP contribution in [0.25, 0.3) is 0 Å². The molecule has 20 heavy (non-hydrogen) atoms. The Bertz CT molecular complexity index is 462. The first-order valence-electron chi connectivity index (χ1n) is 7.68. The van der Waals surface area contributed by atoms with Crippen LogP contribution in [0.3, 0.4) is 0 Å². The van der Waals surface area contributed by atoms with E-state index in [2.05, 4.69) is 18.8 Å². The second-order valence-corrected chi connectivity index (χ2v) is 5.47. The van der Waals surface area contributed by atoms with Crippen LogP contribution in [0.4, 0.5) is 0 Å². The highest BCUT2D eigenvalue weighted by Crippen LogP contribution is 2.29. The standard InChI is InChI=1S/C18H24O2/c1-2-15-9-11-17(12-10-15)20-18-8-5-7-16(14-18)6-3-4-13-19/h5,7-8,14-15,17,19H,2,4,9-13H2,1H3. The van der Waals surface area contributed by atoms with Gasteiger partial charge in [0.1, 0.15) is 5.75 Å². The van der Waals surface area contributed by atoms with Crippen molar-refractivity contribution in [1.82, 2.24) is 0 Å². The minimum atomic E-state index is 0.115. The van der Waals surface area contributed by atoms with E-state index in [1.807, 2.05) is 24.3 Å². The third-order valence-corrected chi connectivity index (χ3v) is 3.98. The lowest BCUT2D eigenvalue weighted by molar-refractivity contribution is 0.130. The Balaban J connectivity index is 1.90. The van der Waals surface area contributed by atoms with Gasteiger partial charge >= 0.3 is 0 Å². The van der Waals surface area contributed by atoms with Gasteiger partial charge in [0, 0.05) is 12.0 Å². The summed E-state index contributed by atoms with van der Waals surface area (Å²) in [7, 11) is 0. The van der Waals surface area contributed by atoms with E-state index in [0.29, 0.717) is 12.5 Å². The number of hydrogen-bond donors (Lipinski definition) is 1. The van der Waals surface area contributed by atoms with E-state index in [4.69, 9.17) is 9.84 Å². The van der Waals surface area contributed by atoms with Gasteiger partial charge in [-0.15, -0.1) is 0 Å². The lowest BCUT2D eigenvalue weighted by Gasteiger charge is -2.28. The zero-order chi connectivity index (χ0) is 14.2. The van der Waals surface area contributed by atoms with Crippen LogP contribution in [0.1, 0.15) is 51.0 Å². The number of rotatable bonds is 4. The lowest BCUT2D eigenvalue weighted by atomic mass is 9.86. The third-order valence-electron chi connectivity index (χ3n) is 3.98. The number of ether oxygens (including phenoxy) is 1. The molecule has 0 bridgehead atoms. The van der Waals surface area contributed by atoms with E-state index in [9.17, 15) is 0 Å². The molecule has 2 rings (SSSR count). The van der Waals surface area contributed by atoms with Gasteiger partial charge < -0.3 is 9.84 Å². The molecule has 0 atom stereocenters. The fourth-order valence-corrected chi connectivity index (χ4v) is 2.72. The molecule has 1 aliphatic carbocycles. The summed E-state index contributed by atoms with van der Waals surface area (Å²) in [5.74, 6) is 7.80. The SMILES string of the molecule is CCC1CCC(Oc2cccc(C#CCCO)c2)CC1. The molecule has 1 fully saturated rings. The van der Waals surface area contributed by atoms with Crippen LogP contribution in [-0.2, 0) is 0 Å². The minimum absolute atomic E-state index is 0.115. The fraction of sp³-hybridized carbons (Fsp3) is 0.556. The molecule has 0 radical (unpaired) electrons. The average molecular weight is 272 g/mol. The molecule has 1 aliphatic rings. The van der Waals surface area contributed by atoms with Crippen molar-refractivity contribution in [3.63, 3.8) is 0 Å². The third kappa shape index (κ3) is 4.58. The van der Waals surface area contributed by atoms with Crippen molar-refractivity contribution in [3.05, 3.63) is 29.8 Å². The molecule has 108 valence electrons. The second kappa shape index (κ2) is 7.97. The predicted octanol–water partition coefficient (Wildman–Crippen LogP) is 3.77. The highest BCUT2D eigenvalue weighted by molar-refractivity contribution is 5.39. The molecule has 1 aromatic carbocycles. The van der Waals surface area contributed by atoms with E-state index in [0.717, 1.165) is 17.2 Å². The predicted molar refractivity (Wildman–Crippen MR) is 81.7 cm³/mol. The van der Waals surface area contributed by atoms with Gasteiger partial charge in [-0.25, -0.2) is 0 Å². The molecule has 0 aromatic heterocycles. The van der Waals surface area contributed by atoms with E-state index < -0.39 is 0 Å². The Kier molecular flexibility index (Phi) is 5.95. The van der Waals surface area contributed by atoms with Gasteiger partial charge in [0.15, 0.2) is 0 Å². The first-order valence-corrected chi connectivity index (χ1v) is 7.68. The van der Waals surface area contributed by atoms with Crippen molar-refractivity contribution in [3.8, 4) is 17.6 Å². The lowest BCUT2D eigenvalue weighted by Crippen LogP contribution is -2.23. The largest absolute Gasteiger partial charge is 0.490 e. The van der Waals surface area contributed by atoms with Crippen LogP contribution in [0, 0.1) is 17.8 Å². The monoisotopic (exact) mass is 272 g/mol. The summed E-state index contributed by atoms with van der Waals surface area (Å²) in [6.45, 7) is 2.39. The summed E-state index contributed by atoms with van der Waals surface area (Å²) in [6, 6.07) is 7.96. The van der Waals surface area contributed by atoms with Crippen molar-refractivity contribution in [2.75, 3.05) is 6.61 Å². The number of benzene rings is 1. The van der Waals surface area contributed by atoms with Crippen molar-refractivity contribution >= 4 is 0 Å². The first kappa shape index (κ1) is 14.9. The molecule has 0 unspecified atom stereocenters. The number of aliphatic hydroxyl groups is 1. The summed E-state index contributed by atoms with van der Waals surface area (Å²) in [5.41, 5.74) is 0.957. The van der Waals surface area contributed by atoms with Gasteiger partial charge in [-0.1, -0.05) is 31.3 Å². The Labute approximate surface area is 122 Å². The molecule has 0 spiro atoms. The Morgan fingerprint density at radius 2 is 2.05 bits per heavy atom. The molecular formula is C18H24O2. The van der Waals surface area contributed by atoms with E-state index in [1.165, 1.54) is 32.1 Å². The maximum atomic E-state index is 8.73. The van der Waals surface area contributed by atoms with E-state index >= 15 is 0 Å². The first-order chi connectivity index (χ1) is 9.81. The Morgan fingerprint density at radius 3 is 2.75 bits per heavy atom. The molecule has 0 amide bonds. The summed E-state index contributed by atoms with van der Waals surface area (Å²) >= 11 is 0. The molecule has 0 heterocycles. The molecular weight excluding hydrogens is 248 g/mol. The molecule has 2 nitrogen and oxygen atoms in total. The summed E-state index contributed by atoms with van der Waals surface area (Å²) in [6.07, 6.45) is 7.08. The molecule has 1 aromatic rings. The van der Waals surface area contributed by atoms with Crippen LogP contribution in [0.15, 0.2) is 24.3 Å². The minimum Gasteiger partial charge on any atom is -0.490 e. The normalized spacial score (nSPS) is 21.9. The smallest absolute Gasteiger partial charge is 0.120 e. The van der Waals surface area contributed by atoms with Gasteiger partial charge in [-0.2, -0.15) is 0 Å². The zero-order valence-electron chi connectivity index (χ0n) is 12.3. The summed E-state index contributed by atoms with van der Waals surface area (Å²) in [5, 5.41) is 8.73. The van der Waals surface area contributed by atoms with Gasteiger partial charge in [-0.05, 0) is 49.8 Å². The van der Waals surface area contributed by atoms with Crippen LogP contribution >= 0.6 is 0 Å². The van der Waals surface area contributed by atoms with Gasteiger partial charge in [0.05, 0.1) is 12.7 Å². The van der Waals surface area contributed by atoms with E-state index in [-0.39, 0.29) is 6.61 Å². The summed E-state index contributed by atoms with van der Waals surface area (Å²) < 4.78 is 6.08. The summed E-state index contributed by atoms with van der Waals surface area (Å²) in [4.78, 5) is 0. The van der Waals surface area contributed by atoms with Gasteiger partial charge in [-0.3, -0.25) is 0 Å². The molecule has 1 N–H and O–H groups in total. The van der Waals surface area contributed by atoms with Gasteiger partial charge in [0.25, 0.3) is 0 Å². The topological polar surface area (TPSA) is 29.5 Å². The van der Waals surface area contributed by atoms with E-state index in [1.54, 1.807) is 0 Å². The fourth-order valence-electron chi connectivity index (χ4n) is 2.72. The van der Waals surface area contributed by atoms with Crippen molar-refractivity contribution < 1.29 is 9.84 Å². The van der Waals surface area contributed by atoms with Crippen LogP contribution in [-0.4, -0.2) is 17.8 Å². The molecule has 0 aliphatic heterocycles. The number of hydrogen-bond acceptors (Lipinski definition) is 2. The second-order valence-electron chi connectivity index (χ2n) is 5.47. The maximum Gasteiger partial charge on any atom is 0.120 e. The molecule has 2 heteroatoms. The Hall–Kier alpha value is -1.46. The molecule has 1 saturated carbocycles. The van der Waals surface area contributed by atoms with Crippen LogP contribution < -0.4 is 4.74 Å². The van der Waals surface area contributed by atoms with Crippen LogP contribution in [0.5, 0.6) is 5.75 Å². The van der Waals surface area contributed by atoms with Crippen molar-refractivity contribution in [2.45, 2.75) is 51.6 Å². The quantitative estimate of drug-likeness (QED) is 0.845. The molecule has 0 saturated heterocycles. The zero-order valence-corrected chi connectivity index (χ0v) is 12.3. The highest BCUT2D eigenvalue weighted by atomic mass is 16.5. The number of aliphatic hydroxyl groups excluding tert-OH is 1. The Morgan fingerprint density at radius 1 is 1.25 bits per heavy atom. The van der Waals surface area contributed by atoms with Crippen molar-refractivity contribution in [2.24, 2.45) is 5.92 Å². The van der Waals surface area contributed by atoms with Crippen LogP contribution in [0.2, 0.25) is 0 Å². The highest BCUT2D eigenvalue weighted by Gasteiger charge is 2.21. The maximum absolute atomic E-state index is 8.73. The van der Waals surface area contributed by atoms with Gasteiger partial charge in [0.2, 0.25) is 0 Å². The van der Waals surface area contributed by atoms with Crippen molar-refractivity contribution in [1.29, 1.82) is 0 Å². The average Bonchev–Trinajstić information content (AvgIpc) is 2.49.